The fourth-order valence-electron chi connectivity index (χ4n) is 1.67. The molecule has 0 aliphatic heterocycles. The Morgan fingerprint density at radius 1 is 1.14 bits per heavy atom. The van der Waals surface area contributed by atoms with Gasteiger partial charge in [-0.25, -0.2) is 0 Å². The molecule has 1 nitrogen and oxygen atoms in total. The van der Waals surface area contributed by atoms with Crippen molar-refractivity contribution in [1.29, 1.82) is 0 Å². The monoisotopic (exact) mass is 208 g/mol. The molecule has 0 spiro atoms. The van der Waals surface area contributed by atoms with Gasteiger partial charge in [-0.15, -0.1) is 0 Å². The number of hydrogen-bond donors (Lipinski definition) is 1. The van der Waals surface area contributed by atoms with E-state index in [2.05, 4.69) is 44.3 Å². The van der Waals surface area contributed by atoms with Gasteiger partial charge in [0, 0.05) is 6.61 Å². The van der Waals surface area contributed by atoms with Gasteiger partial charge < -0.3 is 5.11 Å². The third kappa shape index (κ3) is 2.96. The molecule has 0 saturated heterocycles. The minimum Gasteiger partial charge on any atom is -0.396 e. The van der Waals surface area contributed by atoms with Gasteiger partial charge in [0.1, 0.15) is 0 Å². The molecule has 0 unspecified atom stereocenters. The van der Waals surface area contributed by atoms with E-state index in [1.165, 1.54) is 16.8 Å². The van der Waals surface area contributed by atoms with Crippen LogP contribution in [0.4, 0.5) is 0 Å². The van der Waals surface area contributed by atoms with E-state index in [1.54, 1.807) is 0 Å². The Morgan fingerprint density at radius 3 is 2.21 bits per heavy atom. The first-order valence-electron chi connectivity index (χ1n) is 5.24. The van der Waals surface area contributed by atoms with Gasteiger partial charge in [-0.1, -0.05) is 54.2 Å². The van der Waals surface area contributed by atoms with Crippen LogP contribution in [-0.4, -0.2) is 19.8 Å². The molecule has 78 valence electrons. The fourth-order valence-corrected chi connectivity index (χ4v) is 4.07. The number of hydrogen-bond acceptors (Lipinski definition) is 1. The highest BCUT2D eigenvalue weighted by molar-refractivity contribution is 6.89. The lowest BCUT2D eigenvalue weighted by Gasteiger charge is -2.22. The van der Waals surface area contributed by atoms with Crippen molar-refractivity contribution in [3.05, 3.63) is 29.8 Å². The first-order valence-corrected chi connectivity index (χ1v) is 8.45. The van der Waals surface area contributed by atoms with Crippen LogP contribution in [0.25, 0.3) is 0 Å². The summed E-state index contributed by atoms with van der Waals surface area (Å²) in [6, 6.07) is 10.0. The molecular weight excluding hydrogens is 188 g/mol. The number of rotatable bonds is 4. The largest absolute Gasteiger partial charge is 0.396 e. The molecule has 1 N–H and O–H groups in total. The molecule has 0 amide bonds. The SMILES string of the molecule is Cc1ccc([Si](C)(C)CCCO)cc1. The van der Waals surface area contributed by atoms with Crippen LogP contribution in [0.15, 0.2) is 24.3 Å². The number of aryl methyl sites for hydroxylation is 1. The molecule has 1 aromatic rings. The van der Waals surface area contributed by atoms with Crippen LogP contribution in [0.2, 0.25) is 19.1 Å². The lowest BCUT2D eigenvalue weighted by Crippen LogP contribution is -2.41. The van der Waals surface area contributed by atoms with Crippen LogP contribution < -0.4 is 5.19 Å². The Kier molecular flexibility index (Phi) is 3.90. The van der Waals surface area contributed by atoms with Gasteiger partial charge in [-0.3, -0.25) is 0 Å². The molecule has 0 saturated carbocycles. The Labute approximate surface area is 87.8 Å². The van der Waals surface area contributed by atoms with Gasteiger partial charge in [-0.2, -0.15) is 0 Å². The minimum absolute atomic E-state index is 0.322. The average molecular weight is 208 g/mol. The third-order valence-corrected chi connectivity index (χ3v) is 6.29. The van der Waals surface area contributed by atoms with Gasteiger partial charge in [-0.05, 0) is 13.3 Å². The van der Waals surface area contributed by atoms with Crippen molar-refractivity contribution in [3.63, 3.8) is 0 Å². The summed E-state index contributed by atoms with van der Waals surface area (Å²) < 4.78 is 0. The van der Waals surface area contributed by atoms with Crippen molar-refractivity contribution < 1.29 is 5.11 Å². The smallest absolute Gasteiger partial charge is 0.0807 e. The van der Waals surface area contributed by atoms with Crippen LogP contribution >= 0.6 is 0 Å². The summed E-state index contributed by atoms with van der Waals surface area (Å²) in [5.74, 6) is 0. The Hall–Kier alpha value is -0.603. The van der Waals surface area contributed by atoms with Crippen LogP contribution in [0.1, 0.15) is 12.0 Å². The maximum absolute atomic E-state index is 8.84. The van der Waals surface area contributed by atoms with Crippen LogP contribution in [0, 0.1) is 6.92 Å². The predicted molar refractivity (Wildman–Crippen MR) is 64.8 cm³/mol. The number of aliphatic hydroxyl groups excluding tert-OH is 1. The van der Waals surface area contributed by atoms with Gasteiger partial charge in [0.15, 0.2) is 0 Å². The molecule has 1 rings (SSSR count). The molecule has 2 heteroatoms. The van der Waals surface area contributed by atoms with E-state index in [9.17, 15) is 0 Å². The summed E-state index contributed by atoms with van der Waals surface area (Å²) in [5, 5.41) is 10.3. The van der Waals surface area contributed by atoms with Crippen LogP contribution in [-0.2, 0) is 0 Å². The summed E-state index contributed by atoms with van der Waals surface area (Å²) in [4.78, 5) is 0. The zero-order valence-corrected chi connectivity index (χ0v) is 10.4. The van der Waals surface area contributed by atoms with Crippen molar-refractivity contribution in [3.8, 4) is 0 Å². The Morgan fingerprint density at radius 2 is 1.71 bits per heavy atom. The summed E-state index contributed by atoms with van der Waals surface area (Å²) in [6.07, 6.45) is 0.938. The molecule has 0 bridgehead atoms. The highest BCUT2D eigenvalue weighted by Gasteiger charge is 2.21. The van der Waals surface area contributed by atoms with E-state index >= 15 is 0 Å². The standard InChI is InChI=1S/C12H20OSi/c1-11-5-7-12(8-6-11)14(2,3)10-4-9-13/h5-8,13H,4,9-10H2,1-3H3. The Bertz CT molecular complexity index is 277. The summed E-state index contributed by atoms with van der Waals surface area (Å²) in [7, 11) is -1.28. The second-order valence-corrected chi connectivity index (χ2v) is 9.42. The van der Waals surface area contributed by atoms with Gasteiger partial charge in [0.2, 0.25) is 0 Å². The molecule has 1 aromatic carbocycles. The molecule has 0 aliphatic carbocycles. The zero-order valence-electron chi connectivity index (χ0n) is 9.38. The van der Waals surface area contributed by atoms with E-state index in [0.29, 0.717) is 6.61 Å². The fraction of sp³-hybridized carbons (Fsp3) is 0.500. The highest BCUT2D eigenvalue weighted by Crippen LogP contribution is 2.12. The van der Waals surface area contributed by atoms with Crippen molar-refractivity contribution >= 4 is 13.3 Å². The third-order valence-electron chi connectivity index (χ3n) is 2.79. The molecule has 14 heavy (non-hydrogen) atoms. The van der Waals surface area contributed by atoms with Gasteiger partial charge in [0.25, 0.3) is 0 Å². The number of aliphatic hydroxyl groups is 1. The first kappa shape index (κ1) is 11.5. The summed E-state index contributed by atoms with van der Waals surface area (Å²) >= 11 is 0. The van der Waals surface area contributed by atoms with E-state index in [1.807, 2.05) is 0 Å². The maximum atomic E-state index is 8.84. The molecule has 0 aromatic heterocycles. The molecule has 0 fully saturated rings. The van der Waals surface area contributed by atoms with Gasteiger partial charge in [0.05, 0.1) is 8.07 Å². The van der Waals surface area contributed by atoms with E-state index in [4.69, 9.17) is 5.11 Å². The predicted octanol–water partition coefficient (Wildman–Crippen LogP) is 2.29. The second-order valence-electron chi connectivity index (χ2n) is 4.58. The summed E-state index contributed by atoms with van der Waals surface area (Å²) in [6.45, 7) is 7.18. The topological polar surface area (TPSA) is 20.2 Å². The molecule has 0 radical (unpaired) electrons. The maximum Gasteiger partial charge on any atom is 0.0807 e. The molecular formula is C12H20OSi. The molecule has 0 heterocycles. The first-order chi connectivity index (χ1) is 6.56. The molecule has 0 atom stereocenters. The quantitative estimate of drug-likeness (QED) is 0.753. The second kappa shape index (κ2) is 4.76. The minimum atomic E-state index is -1.28. The van der Waals surface area contributed by atoms with E-state index in [-0.39, 0.29) is 0 Å². The van der Waals surface area contributed by atoms with Crippen molar-refractivity contribution in [2.24, 2.45) is 0 Å². The van der Waals surface area contributed by atoms with E-state index in [0.717, 1.165) is 6.42 Å². The number of benzene rings is 1. The Balaban J connectivity index is 2.75. The average Bonchev–Trinajstić information content (AvgIpc) is 2.16. The highest BCUT2D eigenvalue weighted by atomic mass is 28.3. The van der Waals surface area contributed by atoms with Gasteiger partial charge >= 0.3 is 0 Å². The van der Waals surface area contributed by atoms with Crippen molar-refractivity contribution in [2.45, 2.75) is 32.5 Å². The normalized spacial score (nSPS) is 11.7. The summed E-state index contributed by atoms with van der Waals surface area (Å²) in [5.41, 5.74) is 1.32. The van der Waals surface area contributed by atoms with Crippen LogP contribution in [0.5, 0.6) is 0 Å². The van der Waals surface area contributed by atoms with E-state index < -0.39 is 8.07 Å². The lowest BCUT2D eigenvalue weighted by molar-refractivity contribution is 0.294. The van der Waals surface area contributed by atoms with Crippen molar-refractivity contribution in [2.75, 3.05) is 6.61 Å². The molecule has 0 aliphatic rings. The lowest BCUT2D eigenvalue weighted by atomic mass is 10.2. The van der Waals surface area contributed by atoms with Crippen molar-refractivity contribution in [1.82, 2.24) is 0 Å². The zero-order chi connectivity index (χ0) is 10.6. The van der Waals surface area contributed by atoms with Crippen LogP contribution in [0.3, 0.4) is 0 Å².